The van der Waals surface area contributed by atoms with Crippen molar-refractivity contribution in [2.75, 3.05) is 13.1 Å². The Balaban J connectivity index is 2.97. The number of halogens is 1. The van der Waals surface area contributed by atoms with E-state index in [-0.39, 0.29) is 18.0 Å². The third-order valence-corrected chi connectivity index (χ3v) is 2.62. The number of carbonyl (C=O) groups is 2. The minimum atomic E-state index is -1.08. The summed E-state index contributed by atoms with van der Waals surface area (Å²) in [5.41, 5.74) is 0.621. The standard InChI is InChI=1S/C14H18FNO3/c1-9(2)7-16(8-13(17)18)14(19)11-5-4-10(3)12(15)6-11/h4-6,9H,7-8H2,1-3H3,(H,17,18). The number of carbonyl (C=O) groups excluding carboxylic acids is 1. The summed E-state index contributed by atoms with van der Waals surface area (Å²) in [5.74, 6) is -1.87. The van der Waals surface area contributed by atoms with Crippen LogP contribution in [-0.4, -0.2) is 35.0 Å². The molecule has 0 aliphatic rings. The van der Waals surface area contributed by atoms with Crippen molar-refractivity contribution in [1.29, 1.82) is 0 Å². The van der Waals surface area contributed by atoms with Crippen LogP contribution >= 0.6 is 0 Å². The van der Waals surface area contributed by atoms with Gasteiger partial charge in [-0.1, -0.05) is 19.9 Å². The number of aryl methyl sites for hydroxylation is 1. The maximum Gasteiger partial charge on any atom is 0.323 e. The topological polar surface area (TPSA) is 57.6 Å². The van der Waals surface area contributed by atoms with Crippen molar-refractivity contribution in [3.63, 3.8) is 0 Å². The zero-order valence-corrected chi connectivity index (χ0v) is 11.3. The lowest BCUT2D eigenvalue weighted by Gasteiger charge is -2.22. The molecule has 4 nitrogen and oxygen atoms in total. The fraction of sp³-hybridized carbons (Fsp3) is 0.429. The summed E-state index contributed by atoms with van der Waals surface area (Å²) in [6.45, 7) is 5.32. The average Bonchev–Trinajstić information content (AvgIpc) is 2.29. The van der Waals surface area contributed by atoms with E-state index in [1.165, 1.54) is 17.0 Å². The highest BCUT2D eigenvalue weighted by atomic mass is 19.1. The van der Waals surface area contributed by atoms with Crippen molar-refractivity contribution >= 4 is 11.9 Å². The van der Waals surface area contributed by atoms with Gasteiger partial charge >= 0.3 is 5.97 Å². The molecule has 104 valence electrons. The first-order valence-electron chi connectivity index (χ1n) is 6.08. The Morgan fingerprint density at radius 3 is 2.47 bits per heavy atom. The van der Waals surface area contributed by atoms with E-state index in [9.17, 15) is 14.0 Å². The highest BCUT2D eigenvalue weighted by Gasteiger charge is 2.20. The molecule has 1 aromatic carbocycles. The molecule has 0 saturated carbocycles. The van der Waals surface area contributed by atoms with Gasteiger partial charge in [0.1, 0.15) is 12.4 Å². The molecule has 0 fully saturated rings. The fourth-order valence-corrected chi connectivity index (χ4v) is 1.73. The molecule has 1 rings (SSSR count). The summed E-state index contributed by atoms with van der Waals surface area (Å²) in [5, 5.41) is 8.82. The van der Waals surface area contributed by atoms with Crippen LogP contribution in [0.2, 0.25) is 0 Å². The SMILES string of the molecule is Cc1ccc(C(=O)N(CC(=O)O)CC(C)C)cc1F. The van der Waals surface area contributed by atoms with E-state index in [2.05, 4.69) is 0 Å². The largest absolute Gasteiger partial charge is 0.480 e. The highest BCUT2D eigenvalue weighted by molar-refractivity contribution is 5.95. The molecule has 0 saturated heterocycles. The number of rotatable bonds is 5. The molecule has 0 radical (unpaired) electrons. The van der Waals surface area contributed by atoms with Crippen LogP contribution in [0.4, 0.5) is 4.39 Å². The van der Waals surface area contributed by atoms with Gasteiger partial charge in [0.2, 0.25) is 0 Å². The van der Waals surface area contributed by atoms with E-state index in [4.69, 9.17) is 5.11 Å². The lowest BCUT2D eigenvalue weighted by Crippen LogP contribution is -2.38. The molecule has 0 unspecified atom stereocenters. The Labute approximate surface area is 111 Å². The molecule has 0 aromatic heterocycles. The molecule has 0 bridgehead atoms. The Hall–Kier alpha value is -1.91. The summed E-state index contributed by atoms with van der Waals surface area (Å²) in [6.07, 6.45) is 0. The van der Waals surface area contributed by atoms with Crippen molar-refractivity contribution in [2.24, 2.45) is 5.92 Å². The second-order valence-electron chi connectivity index (χ2n) is 4.94. The first kappa shape index (κ1) is 15.1. The molecular weight excluding hydrogens is 249 g/mol. The van der Waals surface area contributed by atoms with Crippen molar-refractivity contribution in [2.45, 2.75) is 20.8 Å². The van der Waals surface area contributed by atoms with Gasteiger partial charge in [0.05, 0.1) is 0 Å². The summed E-state index contributed by atoms with van der Waals surface area (Å²) >= 11 is 0. The zero-order valence-electron chi connectivity index (χ0n) is 11.3. The van der Waals surface area contributed by atoms with Crippen LogP contribution < -0.4 is 0 Å². The third kappa shape index (κ3) is 4.35. The minimum absolute atomic E-state index is 0.138. The van der Waals surface area contributed by atoms with Crippen LogP contribution in [-0.2, 0) is 4.79 Å². The number of nitrogens with zero attached hydrogens (tertiary/aromatic N) is 1. The predicted molar refractivity (Wildman–Crippen MR) is 69.5 cm³/mol. The van der Waals surface area contributed by atoms with E-state index in [0.29, 0.717) is 12.1 Å². The fourth-order valence-electron chi connectivity index (χ4n) is 1.73. The van der Waals surface area contributed by atoms with Gasteiger partial charge in [-0.25, -0.2) is 4.39 Å². The van der Waals surface area contributed by atoms with Gasteiger partial charge < -0.3 is 10.0 Å². The van der Waals surface area contributed by atoms with Crippen LogP contribution in [0.25, 0.3) is 0 Å². The Morgan fingerprint density at radius 1 is 1.37 bits per heavy atom. The van der Waals surface area contributed by atoms with Gasteiger partial charge in [0.15, 0.2) is 0 Å². The molecule has 1 aromatic rings. The maximum atomic E-state index is 13.4. The Bertz CT molecular complexity index is 486. The second kappa shape index (κ2) is 6.31. The zero-order chi connectivity index (χ0) is 14.6. The summed E-state index contributed by atoms with van der Waals surface area (Å²) in [7, 11) is 0. The number of hydrogen-bond acceptors (Lipinski definition) is 2. The molecule has 1 N–H and O–H groups in total. The lowest BCUT2D eigenvalue weighted by atomic mass is 10.1. The van der Waals surface area contributed by atoms with Crippen molar-refractivity contribution < 1.29 is 19.1 Å². The number of amides is 1. The quantitative estimate of drug-likeness (QED) is 0.890. The molecule has 1 amide bonds. The molecular formula is C14H18FNO3. The number of aliphatic carboxylic acids is 1. The molecule has 0 spiro atoms. The molecule has 0 heterocycles. The number of benzene rings is 1. The molecule has 0 aliphatic carbocycles. The van der Waals surface area contributed by atoms with E-state index in [1.807, 2.05) is 13.8 Å². The Morgan fingerprint density at radius 2 is 2.00 bits per heavy atom. The smallest absolute Gasteiger partial charge is 0.323 e. The maximum absolute atomic E-state index is 13.4. The first-order chi connectivity index (χ1) is 8.81. The number of hydrogen-bond donors (Lipinski definition) is 1. The minimum Gasteiger partial charge on any atom is -0.480 e. The highest BCUT2D eigenvalue weighted by Crippen LogP contribution is 2.12. The predicted octanol–water partition coefficient (Wildman–Crippen LogP) is 2.32. The van der Waals surface area contributed by atoms with Crippen LogP contribution in [0.5, 0.6) is 0 Å². The summed E-state index contributed by atoms with van der Waals surface area (Å²) < 4.78 is 13.4. The first-order valence-corrected chi connectivity index (χ1v) is 6.08. The molecule has 19 heavy (non-hydrogen) atoms. The third-order valence-electron chi connectivity index (χ3n) is 2.62. The van der Waals surface area contributed by atoms with Gasteiger partial charge in [-0.3, -0.25) is 9.59 Å². The van der Waals surface area contributed by atoms with E-state index in [0.717, 1.165) is 6.07 Å². The normalized spacial score (nSPS) is 10.6. The monoisotopic (exact) mass is 267 g/mol. The molecule has 0 aliphatic heterocycles. The average molecular weight is 267 g/mol. The second-order valence-corrected chi connectivity index (χ2v) is 4.94. The lowest BCUT2D eigenvalue weighted by molar-refractivity contribution is -0.137. The van der Waals surface area contributed by atoms with E-state index >= 15 is 0 Å². The summed E-state index contributed by atoms with van der Waals surface area (Å²) in [4.78, 5) is 24.2. The molecule has 5 heteroatoms. The van der Waals surface area contributed by atoms with Crippen LogP contribution in [0, 0.1) is 18.7 Å². The van der Waals surface area contributed by atoms with Gasteiger partial charge in [0.25, 0.3) is 5.91 Å². The Kier molecular flexibility index (Phi) is 5.03. The van der Waals surface area contributed by atoms with Gasteiger partial charge in [-0.05, 0) is 30.5 Å². The van der Waals surface area contributed by atoms with Crippen LogP contribution in [0.15, 0.2) is 18.2 Å². The van der Waals surface area contributed by atoms with Gasteiger partial charge in [0, 0.05) is 12.1 Å². The van der Waals surface area contributed by atoms with Crippen molar-refractivity contribution in [1.82, 2.24) is 4.90 Å². The summed E-state index contributed by atoms with van der Waals surface area (Å²) in [6, 6.07) is 4.17. The van der Waals surface area contributed by atoms with Crippen LogP contribution in [0.1, 0.15) is 29.8 Å². The molecule has 0 atom stereocenters. The van der Waals surface area contributed by atoms with Gasteiger partial charge in [-0.15, -0.1) is 0 Å². The van der Waals surface area contributed by atoms with E-state index < -0.39 is 17.7 Å². The van der Waals surface area contributed by atoms with Crippen molar-refractivity contribution in [3.8, 4) is 0 Å². The number of carboxylic acids is 1. The number of carboxylic acid groups (broad SMARTS) is 1. The van der Waals surface area contributed by atoms with E-state index in [1.54, 1.807) is 6.92 Å². The van der Waals surface area contributed by atoms with Crippen LogP contribution in [0.3, 0.4) is 0 Å². The van der Waals surface area contributed by atoms with Gasteiger partial charge in [-0.2, -0.15) is 0 Å². The van der Waals surface area contributed by atoms with Crippen molar-refractivity contribution in [3.05, 3.63) is 35.1 Å².